The predicted octanol–water partition coefficient (Wildman–Crippen LogP) is 3.26. The molecular weight excluding hydrogens is 356 g/mol. The summed E-state index contributed by atoms with van der Waals surface area (Å²) in [4.78, 5) is 20.1. The lowest BCUT2D eigenvalue weighted by atomic mass is 9.91. The lowest BCUT2D eigenvalue weighted by Gasteiger charge is -2.29. The van der Waals surface area contributed by atoms with Crippen molar-refractivity contribution in [1.82, 2.24) is 24.9 Å². The van der Waals surface area contributed by atoms with Gasteiger partial charge in [0, 0.05) is 30.0 Å². The molecule has 146 valence electrons. The quantitative estimate of drug-likeness (QED) is 0.706. The van der Waals surface area contributed by atoms with Crippen LogP contribution in [0.1, 0.15) is 32.6 Å². The van der Waals surface area contributed by atoms with Crippen LogP contribution < -0.4 is 10.6 Å². The van der Waals surface area contributed by atoms with Gasteiger partial charge in [-0.05, 0) is 56.9 Å². The van der Waals surface area contributed by atoms with Crippen LogP contribution in [-0.2, 0) is 4.74 Å². The van der Waals surface area contributed by atoms with Gasteiger partial charge >= 0.3 is 6.09 Å². The van der Waals surface area contributed by atoms with Crippen LogP contribution in [0.3, 0.4) is 0 Å². The summed E-state index contributed by atoms with van der Waals surface area (Å²) in [5, 5.41) is 11.2. The molecule has 28 heavy (non-hydrogen) atoms. The molecule has 3 heterocycles. The van der Waals surface area contributed by atoms with Crippen LogP contribution in [0.5, 0.6) is 0 Å². The second kappa shape index (κ2) is 8.24. The van der Waals surface area contributed by atoms with Gasteiger partial charge in [-0.15, -0.1) is 5.10 Å². The average Bonchev–Trinajstić information content (AvgIpc) is 3.14. The third-order valence-electron chi connectivity index (χ3n) is 5.01. The molecule has 0 bridgehead atoms. The van der Waals surface area contributed by atoms with E-state index >= 15 is 0 Å². The zero-order valence-corrected chi connectivity index (χ0v) is 15.8. The lowest BCUT2D eigenvalue weighted by Crippen LogP contribution is -2.40. The van der Waals surface area contributed by atoms with Gasteiger partial charge in [-0.1, -0.05) is 0 Å². The maximum Gasteiger partial charge on any atom is 0.407 e. The molecule has 1 fully saturated rings. The first-order valence-electron chi connectivity index (χ1n) is 9.68. The highest BCUT2D eigenvalue weighted by atomic mass is 16.5. The number of imidazole rings is 1. The molecule has 8 heteroatoms. The number of ether oxygens (including phenoxy) is 1. The molecule has 0 atom stereocenters. The van der Waals surface area contributed by atoms with Crippen molar-refractivity contribution in [2.45, 2.75) is 44.7 Å². The van der Waals surface area contributed by atoms with Gasteiger partial charge in [-0.2, -0.15) is 0 Å². The number of fused-ring (bicyclic) bond motifs is 1. The highest BCUT2D eigenvalue weighted by Gasteiger charge is 2.23. The Morgan fingerprint density at radius 2 is 1.89 bits per heavy atom. The van der Waals surface area contributed by atoms with Gasteiger partial charge in [0.1, 0.15) is 5.82 Å². The average molecular weight is 380 g/mol. The fourth-order valence-corrected chi connectivity index (χ4v) is 3.60. The summed E-state index contributed by atoms with van der Waals surface area (Å²) in [6.07, 6.45) is 8.82. The molecule has 0 unspecified atom stereocenters. The van der Waals surface area contributed by atoms with Crippen LogP contribution in [0.25, 0.3) is 16.9 Å². The summed E-state index contributed by atoms with van der Waals surface area (Å²) in [5.74, 6) is 0.822. The van der Waals surface area contributed by atoms with Crippen molar-refractivity contribution in [2.24, 2.45) is 0 Å². The van der Waals surface area contributed by atoms with Crippen LogP contribution in [0.4, 0.5) is 10.6 Å². The van der Waals surface area contributed by atoms with Crippen molar-refractivity contribution >= 4 is 17.6 Å². The molecule has 3 aromatic rings. The van der Waals surface area contributed by atoms with Crippen molar-refractivity contribution in [3.8, 4) is 11.3 Å². The number of nitrogens with one attached hydrogen (secondary N) is 2. The van der Waals surface area contributed by atoms with Gasteiger partial charge in [0.05, 0.1) is 18.5 Å². The SMILES string of the molecule is CCOC(=O)NC1CCC(Nc2ccc3ncc(-c4ccncc4)n3n2)CC1. The second-order valence-electron chi connectivity index (χ2n) is 6.93. The summed E-state index contributed by atoms with van der Waals surface area (Å²) in [6, 6.07) is 8.33. The molecule has 0 radical (unpaired) electrons. The van der Waals surface area contributed by atoms with E-state index in [1.165, 1.54) is 0 Å². The molecule has 8 nitrogen and oxygen atoms in total. The Kier molecular flexibility index (Phi) is 5.36. The van der Waals surface area contributed by atoms with Crippen molar-refractivity contribution in [3.63, 3.8) is 0 Å². The van der Waals surface area contributed by atoms with E-state index in [0.29, 0.717) is 12.6 Å². The van der Waals surface area contributed by atoms with E-state index in [1.54, 1.807) is 12.4 Å². The number of nitrogens with zero attached hydrogens (tertiary/aromatic N) is 4. The summed E-state index contributed by atoms with van der Waals surface area (Å²) in [5.41, 5.74) is 2.76. The fraction of sp³-hybridized carbons (Fsp3) is 0.400. The predicted molar refractivity (Wildman–Crippen MR) is 106 cm³/mol. The number of pyridine rings is 1. The molecule has 1 aliphatic carbocycles. The minimum absolute atomic E-state index is 0.180. The van der Waals surface area contributed by atoms with E-state index < -0.39 is 0 Å². The molecule has 0 spiro atoms. The minimum Gasteiger partial charge on any atom is -0.450 e. The Hall–Kier alpha value is -3.16. The zero-order chi connectivity index (χ0) is 19.3. The van der Waals surface area contributed by atoms with E-state index in [2.05, 4.69) is 20.6 Å². The maximum atomic E-state index is 11.6. The Bertz CT molecular complexity index is 934. The second-order valence-corrected chi connectivity index (χ2v) is 6.93. The van der Waals surface area contributed by atoms with Crippen molar-refractivity contribution in [2.75, 3.05) is 11.9 Å². The number of alkyl carbamates (subject to hydrolysis) is 1. The van der Waals surface area contributed by atoms with E-state index in [9.17, 15) is 4.79 Å². The van der Waals surface area contributed by atoms with Crippen molar-refractivity contribution in [1.29, 1.82) is 0 Å². The number of carbonyl (C=O) groups excluding carboxylic acids is 1. The first-order chi connectivity index (χ1) is 13.7. The van der Waals surface area contributed by atoms with Gasteiger partial charge in [-0.3, -0.25) is 4.98 Å². The number of aromatic nitrogens is 4. The van der Waals surface area contributed by atoms with E-state index in [4.69, 9.17) is 9.84 Å². The lowest BCUT2D eigenvalue weighted by molar-refractivity contribution is 0.144. The summed E-state index contributed by atoms with van der Waals surface area (Å²) >= 11 is 0. The standard InChI is InChI=1S/C20H24N6O2/c1-2-28-20(27)24-16-5-3-15(4-6-16)23-18-7-8-19-22-13-17(26(19)25-18)14-9-11-21-12-10-14/h7-13,15-16H,2-6H2,1H3,(H,23,25)(H,24,27). The molecule has 3 aromatic heterocycles. The Labute approximate surface area is 163 Å². The van der Waals surface area contributed by atoms with Crippen LogP contribution in [-0.4, -0.2) is 44.4 Å². The molecule has 2 N–H and O–H groups in total. The molecule has 0 aromatic carbocycles. The summed E-state index contributed by atoms with van der Waals surface area (Å²) in [7, 11) is 0. The minimum atomic E-state index is -0.324. The number of hydrogen-bond acceptors (Lipinski definition) is 6. The molecular formula is C20H24N6O2. The summed E-state index contributed by atoms with van der Waals surface area (Å²) in [6.45, 7) is 2.21. The largest absolute Gasteiger partial charge is 0.450 e. The van der Waals surface area contributed by atoms with Crippen LogP contribution >= 0.6 is 0 Å². The monoisotopic (exact) mass is 380 g/mol. The van der Waals surface area contributed by atoms with E-state index in [0.717, 1.165) is 48.4 Å². The number of hydrogen-bond donors (Lipinski definition) is 2. The highest BCUT2D eigenvalue weighted by molar-refractivity contribution is 5.67. The number of carbonyl (C=O) groups is 1. The van der Waals surface area contributed by atoms with Crippen molar-refractivity contribution in [3.05, 3.63) is 42.9 Å². The third-order valence-corrected chi connectivity index (χ3v) is 5.01. The molecule has 1 saturated carbocycles. The Balaban J connectivity index is 1.41. The van der Waals surface area contributed by atoms with Crippen LogP contribution in [0, 0.1) is 0 Å². The maximum absolute atomic E-state index is 11.6. The summed E-state index contributed by atoms with van der Waals surface area (Å²) < 4.78 is 6.81. The van der Waals surface area contributed by atoms with Gasteiger partial charge in [0.2, 0.25) is 0 Å². The molecule has 0 aliphatic heterocycles. The highest BCUT2D eigenvalue weighted by Crippen LogP contribution is 2.23. The molecule has 0 saturated heterocycles. The van der Waals surface area contributed by atoms with Crippen molar-refractivity contribution < 1.29 is 9.53 Å². The third kappa shape index (κ3) is 4.05. The van der Waals surface area contributed by atoms with Crippen LogP contribution in [0.15, 0.2) is 42.9 Å². The van der Waals surface area contributed by atoms with Gasteiger partial charge in [0.15, 0.2) is 5.65 Å². The van der Waals surface area contributed by atoms with Gasteiger partial charge < -0.3 is 15.4 Å². The first kappa shape index (κ1) is 18.2. The first-order valence-corrected chi connectivity index (χ1v) is 9.68. The smallest absolute Gasteiger partial charge is 0.407 e. The zero-order valence-electron chi connectivity index (χ0n) is 15.8. The number of amides is 1. The van der Waals surface area contributed by atoms with E-state index in [1.807, 2.05) is 41.9 Å². The number of anilines is 1. The van der Waals surface area contributed by atoms with E-state index in [-0.39, 0.29) is 12.1 Å². The van der Waals surface area contributed by atoms with Crippen LogP contribution in [0.2, 0.25) is 0 Å². The normalized spacial score (nSPS) is 19.3. The topological polar surface area (TPSA) is 93.4 Å². The number of rotatable bonds is 5. The fourth-order valence-electron chi connectivity index (χ4n) is 3.60. The Morgan fingerprint density at radius 1 is 1.14 bits per heavy atom. The Morgan fingerprint density at radius 3 is 2.64 bits per heavy atom. The van der Waals surface area contributed by atoms with Gasteiger partial charge in [0.25, 0.3) is 0 Å². The van der Waals surface area contributed by atoms with Gasteiger partial charge in [-0.25, -0.2) is 14.3 Å². The molecule has 1 amide bonds. The molecule has 1 aliphatic rings. The molecule has 4 rings (SSSR count).